The van der Waals surface area contributed by atoms with E-state index in [2.05, 4.69) is 11.9 Å². The Hall–Kier alpha value is -2.22. The summed E-state index contributed by atoms with van der Waals surface area (Å²) in [5, 5.41) is 12.0. The van der Waals surface area contributed by atoms with Crippen LogP contribution in [-0.4, -0.2) is 69.1 Å². The molecule has 1 aliphatic heterocycles. The van der Waals surface area contributed by atoms with E-state index in [0.717, 1.165) is 38.3 Å². The summed E-state index contributed by atoms with van der Waals surface area (Å²) in [6.45, 7) is 3.22. The molecular weight excluding hydrogens is 444 g/mol. The van der Waals surface area contributed by atoms with Crippen LogP contribution in [0.25, 0.3) is 0 Å². The van der Waals surface area contributed by atoms with Gasteiger partial charge in [-0.15, -0.1) is 0 Å². The predicted octanol–water partition coefficient (Wildman–Crippen LogP) is 3.08. The highest BCUT2D eigenvalue weighted by Crippen LogP contribution is 2.51. The molecule has 4 rings (SSSR count). The van der Waals surface area contributed by atoms with Gasteiger partial charge in [0.1, 0.15) is 5.69 Å². The van der Waals surface area contributed by atoms with E-state index in [1.54, 1.807) is 14.1 Å². The Labute approximate surface area is 208 Å². The molecule has 2 amide bonds. The van der Waals surface area contributed by atoms with Gasteiger partial charge in [0.25, 0.3) is 11.5 Å². The van der Waals surface area contributed by atoms with Gasteiger partial charge in [-0.1, -0.05) is 51.9 Å². The highest BCUT2D eigenvalue weighted by atomic mass is 16.3. The minimum absolute atomic E-state index is 0.00478. The minimum Gasteiger partial charge on any atom is -0.387 e. The average molecular weight is 487 g/mol. The fourth-order valence-corrected chi connectivity index (χ4v) is 6.81. The molecule has 0 radical (unpaired) electrons. The molecule has 1 aromatic heterocycles. The van der Waals surface area contributed by atoms with Crippen LogP contribution in [0.2, 0.25) is 0 Å². The summed E-state index contributed by atoms with van der Waals surface area (Å²) in [6.07, 6.45) is 14.1. The van der Waals surface area contributed by atoms with E-state index in [1.165, 1.54) is 47.8 Å². The predicted molar refractivity (Wildman–Crippen MR) is 134 cm³/mol. The highest BCUT2D eigenvalue weighted by molar-refractivity contribution is 5.91. The van der Waals surface area contributed by atoms with Crippen molar-refractivity contribution in [3.8, 4) is 0 Å². The van der Waals surface area contributed by atoms with Crippen molar-refractivity contribution in [3.63, 3.8) is 0 Å². The van der Waals surface area contributed by atoms with Crippen LogP contribution >= 0.6 is 0 Å². The van der Waals surface area contributed by atoms with Crippen molar-refractivity contribution in [1.29, 1.82) is 0 Å². The van der Waals surface area contributed by atoms with Gasteiger partial charge in [-0.05, 0) is 31.6 Å². The van der Waals surface area contributed by atoms with Gasteiger partial charge in [0.2, 0.25) is 5.91 Å². The lowest BCUT2D eigenvalue weighted by molar-refractivity contribution is -0.163. The van der Waals surface area contributed by atoms with Crippen molar-refractivity contribution in [2.24, 2.45) is 17.3 Å². The van der Waals surface area contributed by atoms with Gasteiger partial charge >= 0.3 is 0 Å². The fraction of sp³-hybridized carbons (Fsp3) is 0.778. The molecule has 35 heavy (non-hydrogen) atoms. The number of piperidine rings is 1. The molecule has 8 nitrogen and oxygen atoms in total. The van der Waals surface area contributed by atoms with Gasteiger partial charge in [-0.3, -0.25) is 14.4 Å². The van der Waals surface area contributed by atoms with E-state index >= 15 is 0 Å². The van der Waals surface area contributed by atoms with Crippen LogP contribution in [0.1, 0.15) is 88.0 Å². The number of hydrogen-bond donors (Lipinski definition) is 1. The zero-order valence-corrected chi connectivity index (χ0v) is 21.7. The third kappa shape index (κ3) is 5.32. The second-order valence-electron chi connectivity index (χ2n) is 11.6. The average Bonchev–Trinajstić information content (AvgIpc) is 3.32. The molecule has 2 saturated carbocycles. The highest BCUT2D eigenvalue weighted by Gasteiger charge is 2.55. The van der Waals surface area contributed by atoms with E-state index in [0.29, 0.717) is 25.4 Å². The van der Waals surface area contributed by atoms with E-state index in [9.17, 15) is 19.5 Å². The van der Waals surface area contributed by atoms with Gasteiger partial charge < -0.3 is 19.5 Å². The van der Waals surface area contributed by atoms with E-state index in [-0.39, 0.29) is 35.5 Å². The second-order valence-corrected chi connectivity index (χ2v) is 11.6. The van der Waals surface area contributed by atoms with Crippen LogP contribution in [-0.2, 0) is 11.3 Å². The van der Waals surface area contributed by atoms with Gasteiger partial charge in [0.15, 0.2) is 0 Å². The van der Waals surface area contributed by atoms with Crippen molar-refractivity contribution in [2.45, 2.75) is 89.7 Å². The lowest BCUT2D eigenvalue weighted by Crippen LogP contribution is -2.62. The summed E-state index contributed by atoms with van der Waals surface area (Å²) < 4.78 is 1.44. The Morgan fingerprint density at radius 3 is 2.49 bits per heavy atom. The molecule has 0 bridgehead atoms. The molecule has 0 aromatic carbocycles. The van der Waals surface area contributed by atoms with E-state index in [1.807, 2.05) is 4.90 Å². The third-order valence-corrected chi connectivity index (χ3v) is 8.91. The first-order chi connectivity index (χ1) is 16.6. The number of rotatable bonds is 6. The van der Waals surface area contributed by atoms with Gasteiger partial charge in [-0.25, -0.2) is 4.98 Å². The van der Waals surface area contributed by atoms with Gasteiger partial charge in [0, 0.05) is 44.7 Å². The van der Waals surface area contributed by atoms with Gasteiger partial charge in [-0.2, -0.15) is 0 Å². The van der Waals surface area contributed by atoms with E-state index in [4.69, 9.17) is 0 Å². The zero-order valence-electron chi connectivity index (χ0n) is 21.7. The first-order valence-electron chi connectivity index (χ1n) is 13.4. The number of carbonyl (C=O) groups is 2. The number of likely N-dealkylation sites (tertiary alicyclic amines) is 1. The Kier molecular flexibility index (Phi) is 7.69. The summed E-state index contributed by atoms with van der Waals surface area (Å²) in [5.74, 6) is 0.588. The molecule has 1 unspecified atom stereocenters. The van der Waals surface area contributed by atoms with E-state index < -0.39 is 11.0 Å². The van der Waals surface area contributed by atoms with Crippen LogP contribution in [0.5, 0.6) is 0 Å². The molecular formula is C27H42N4O4. The molecule has 1 N–H and O–H groups in total. The number of carbonyl (C=O) groups excluding carboxylic acids is 2. The molecule has 1 spiro atoms. The molecule has 2 atom stereocenters. The maximum atomic E-state index is 13.5. The van der Waals surface area contributed by atoms with Crippen LogP contribution in [0.3, 0.4) is 0 Å². The molecule has 1 aromatic rings. The zero-order chi connectivity index (χ0) is 25.2. The third-order valence-electron chi connectivity index (χ3n) is 8.91. The first kappa shape index (κ1) is 25.9. The summed E-state index contributed by atoms with van der Waals surface area (Å²) in [6, 6.07) is 0. The summed E-state index contributed by atoms with van der Waals surface area (Å²) in [5.41, 5.74) is -1.69. The number of amides is 2. The Bertz CT molecular complexity index is 978. The molecule has 2 aliphatic carbocycles. The molecule has 194 valence electrons. The number of aromatic nitrogens is 2. The largest absolute Gasteiger partial charge is 0.387 e. The maximum Gasteiger partial charge on any atom is 0.273 e. The Balaban J connectivity index is 1.51. The van der Waals surface area contributed by atoms with Crippen molar-refractivity contribution in [1.82, 2.24) is 19.4 Å². The van der Waals surface area contributed by atoms with Crippen LogP contribution in [0, 0.1) is 17.3 Å². The smallest absolute Gasteiger partial charge is 0.273 e. The number of nitrogens with zero attached hydrogens (tertiary/aromatic N) is 4. The SMILES string of the molecule is C[C@H](CC1CCCCC1)C(=O)N1CCC(O)(Cn2cc(C(=O)N(C)C)ncc2=O)C2(CCCC2)C1. The van der Waals surface area contributed by atoms with Gasteiger partial charge in [0.05, 0.1) is 18.3 Å². The van der Waals surface area contributed by atoms with Crippen molar-refractivity contribution in [3.05, 3.63) is 28.4 Å². The first-order valence-corrected chi connectivity index (χ1v) is 13.4. The number of aliphatic hydroxyl groups is 1. The summed E-state index contributed by atoms with van der Waals surface area (Å²) >= 11 is 0. The lowest BCUT2D eigenvalue weighted by Gasteiger charge is -2.52. The molecule has 1 saturated heterocycles. The van der Waals surface area contributed by atoms with Crippen LogP contribution in [0.4, 0.5) is 0 Å². The summed E-state index contributed by atoms with van der Waals surface area (Å²) in [4.78, 5) is 45.9. The molecule has 8 heteroatoms. The monoisotopic (exact) mass is 486 g/mol. The topological polar surface area (TPSA) is 95.7 Å². The standard InChI is InChI=1S/C27H42N4O4/c1-20(15-21-9-5-4-6-10-21)24(33)30-14-13-27(35,26(18-30)11-7-8-12-26)19-31-17-22(25(34)29(2)3)28-16-23(31)32/h16-17,20-21,35H,4-15,18-19H2,1-3H3/t20-,27?/m1/s1. The lowest BCUT2D eigenvalue weighted by atomic mass is 9.65. The molecule has 3 aliphatic rings. The van der Waals surface area contributed by atoms with Crippen molar-refractivity contribution in [2.75, 3.05) is 27.2 Å². The quantitative estimate of drug-likeness (QED) is 0.667. The molecule has 3 fully saturated rings. The van der Waals surface area contributed by atoms with Crippen LogP contribution < -0.4 is 5.56 Å². The fourth-order valence-electron chi connectivity index (χ4n) is 6.81. The second kappa shape index (κ2) is 10.4. The van der Waals surface area contributed by atoms with Crippen molar-refractivity contribution >= 4 is 11.8 Å². The normalized spacial score (nSPS) is 25.5. The van der Waals surface area contributed by atoms with Crippen LogP contribution in [0.15, 0.2) is 17.2 Å². The Morgan fingerprint density at radius 2 is 1.83 bits per heavy atom. The number of hydrogen-bond acceptors (Lipinski definition) is 5. The van der Waals surface area contributed by atoms with Crippen molar-refractivity contribution < 1.29 is 14.7 Å². The minimum atomic E-state index is -1.11. The maximum absolute atomic E-state index is 13.5. The summed E-state index contributed by atoms with van der Waals surface area (Å²) in [7, 11) is 3.28. The Morgan fingerprint density at radius 1 is 1.14 bits per heavy atom. The molecule has 2 heterocycles.